The SMILES string of the molecule is Nc1ccc(-c2ncno2)cc1Cl. The zero-order chi connectivity index (χ0) is 9.26. The quantitative estimate of drug-likeness (QED) is 0.707. The number of hydrogen-bond acceptors (Lipinski definition) is 4. The van der Waals surface area contributed by atoms with Gasteiger partial charge < -0.3 is 10.3 Å². The second-order valence-electron chi connectivity index (χ2n) is 2.48. The lowest BCUT2D eigenvalue weighted by Crippen LogP contribution is -1.86. The van der Waals surface area contributed by atoms with Gasteiger partial charge in [-0.3, -0.25) is 0 Å². The van der Waals surface area contributed by atoms with Crippen LogP contribution in [0.25, 0.3) is 11.5 Å². The van der Waals surface area contributed by atoms with E-state index >= 15 is 0 Å². The fourth-order valence-electron chi connectivity index (χ4n) is 0.960. The number of rotatable bonds is 1. The molecule has 2 aromatic rings. The molecule has 0 radical (unpaired) electrons. The van der Waals surface area contributed by atoms with Crippen molar-refractivity contribution >= 4 is 17.3 Å². The molecule has 1 aromatic heterocycles. The van der Waals surface area contributed by atoms with Gasteiger partial charge in [0.15, 0.2) is 6.33 Å². The van der Waals surface area contributed by atoms with E-state index in [9.17, 15) is 0 Å². The molecule has 0 bridgehead atoms. The Kier molecular flexibility index (Phi) is 1.90. The van der Waals surface area contributed by atoms with Gasteiger partial charge in [0, 0.05) is 5.56 Å². The second kappa shape index (κ2) is 3.06. The van der Waals surface area contributed by atoms with Crippen LogP contribution < -0.4 is 5.73 Å². The van der Waals surface area contributed by atoms with Crippen molar-refractivity contribution in [2.24, 2.45) is 0 Å². The van der Waals surface area contributed by atoms with Crippen molar-refractivity contribution in [1.82, 2.24) is 10.1 Å². The highest BCUT2D eigenvalue weighted by Gasteiger charge is 2.05. The predicted octanol–water partition coefficient (Wildman–Crippen LogP) is 1.97. The van der Waals surface area contributed by atoms with E-state index in [1.165, 1.54) is 6.33 Å². The van der Waals surface area contributed by atoms with Crippen molar-refractivity contribution < 1.29 is 4.52 Å². The molecule has 0 unspecified atom stereocenters. The molecule has 0 saturated heterocycles. The van der Waals surface area contributed by atoms with E-state index in [1.807, 2.05) is 0 Å². The van der Waals surface area contributed by atoms with Gasteiger partial charge in [0.1, 0.15) is 0 Å². The summed E-state index contributed by atoms with van der Waals surface area (Å²) in [5.74, 6) is 0.432. The Hall–Kier alpha value is -1.55. The van der Waals surface area contributed by atoms with E-state index in [4.69, 9.17) is 21.9 Å². The molecule has 0 saturated carbocycles. The molecule has 0 fully saturated rings. The van der Waals surface area contributed by atoms with Crippen LogP contribution >= 0.6 is 11.6 Å². The summed E-state index contributed by atoms with van der Waals surface area (Å²) in [6.07, 6.45) is 1.33. The summed E-state index contributed by atoms with van der Waals surface area (Å²) in [6.45, 7) is 0. The molecule has 2 N–H and O–H groups in total. The van der Waals surface area contributed by atoms with Crippen molar-refractivity contribution in [2.75, 3.05) is 5.73 Å². The molecule has 0 aliphatic heterocycles. The number of hydrogen-bond donors (Lipinski definition) is 1. The van der Waals surface area contributed by atoms with Gasteiger partial charge in [0.05, 0.1) is 10.7 Å². The molecule has 2 rings (SSSR count). The fourth-order valence-corrected chi connectivity index (χ4v) is 1.14. The van der Waals surface area contributed by atoms with Crippen LogP contribution in [0, 0.1) is 0 Å². The molecule has 13 heavy (non-hydrogen) atoms. The normalized spacial score (nSPS) is 10.2. The Bertz CT molecular complexity index is 413. The minimum atomic E-state index is 0.432. The first-order valence-electron chi connectivity index (χ1n) is 3.59. The third-order valence-electron chi connectivity index (χ3n) is 1.61. The van der Waals surface area contributed by atoms with Crippen LogP contribution in [0.3, 0.4) is 0 Å². The van der Waals surface area contributed by atoms with Crippen LogP contribution in [0.2, 0.25) is 5.02 Å². The maximum absolute atomic E-state index is 5.82. The first-order chi connectivity index (χ1) is 6.27. The summed E-state index contributed by atoms with van der Waals surface area (Å²) >= 11 is 5.82. The molecule has 0 atom stereocenters. The Morgan fingerprint density at radius 3 is 2.85 bits per heavy atom. The molecule has 1 aromatic carbocycles. The molecule has 5 heteroatoms. The molecular weight excluding hydrogens is 190 g/mol. The number of anilines is 1. The lowest BCUT2D eigenvalue weighted by atomic mass is 10.2. The Labute approximate surface area is 79.3 Å². The van der Waals surface area contributed by atoms with Crippen LogP contribution in [0.4, 0.5) is 5.69 Å². The van der Waals surface area contributed by atoms with Crippen molar-refractivity contribution in [3.05, 3.63) is 29.5 Å². The highest BCUT2D eigenvalue weighted by Crippen LogP contribution is 2.25. The highest BCUT2D eigenvalue weighted by molar-refractivity contribution is 6.33. The summed E-state index contributed by atoms with van der Waals surface area (Å²) in [5.41, 5.74) is 6.84. The summed E-state index contributed by atoms with van der Waals surface area (Å²) in [5, 5.41) is 3.97. The first kappa shape index (κ1) is 8.07. The van der Waals surface area contributed by atoms with Crippen LogP contribution in [-0.2, 0) is 0 Å². The molecule has 0 aliphatic carbocycles. The zero-order valence-corrected chi connectivity index (χ0v) is 7.32. The second-order valence-corrected chi connectivity index (χ2v) is 2.89. The first-order valence-corrected chi connectivity index (χ1v) is 3.97. The molecule has 66 valence electrons. The van der Waals surface area contributed by atoms with Crippen LogP contribution in [-0.4, -0.2) is 10.1 Å². The highest BCUT2D eigenvalue weighted by atomic mass is 35.5. The number of benzene rings is 1. The van der Waals surface area contributed by atoms with E-state index in [0.717, 1.165) is 5.56 Å². The molecule has 0 aliphatic rings. The van der Waals surface area contributed by atoms with Gasteiger partial charge in [-0.15, -0.1) is 0 Å². The number of halogens is 1. The third kappa shape index (κ3) is 1.48. The molecule has 0 amide bonds. The fraction of sp³-hybridized carbons (Fsp3) is 0. The average molecular weight is 196 g/mol. The third-order valence-corrected chi connectivity index (χ3v) is 1.94. The number of nitrogens with two attached hydrogens (primary N) is 1. The summed E-state index contributed by atoms with van der Waals surface area (Å²) < 4.78 is 4.85. The Morgan fingerprint density at radius 1 is 1.38 bits per heavy atom. The molecule has 1 heterocycles. The van der Waals surface area contributed by atoms with E-state index in [-0.39, 0.29) is 0 Å². The van der Waals surface area contributed by atoms with Gasteiger partial charge in [-0.05, 0) is 18.2 Å². The van der Waals surface area contributed by atoms with Gasteiger partial charge in [0.25, 0.3) is 5.89 Å². The maximum atomic E-state index is 5.82. The largest absolute Gasteiger partial charge is 0.398 e. The topological polar surface area (TPSA) is 64.9 Å². The molecule has 4 nitrogen and oxygen atoms in total. The van der Waals surface area contributed by atoms with Crippen molar-refractivity contribution in [3.63, 3.8) is 0 Å². The predicted molar refractivity (Wildman–Crippen MR) is 49.2 cm³/mol. The van der Waals surface area contributed by atoms with Crippen molar-refractivity contribution in [1.29, 1.82) is 0 Å². The lowest BCUT2D eigenvalue weighted by Gasteiger charge is -1.98. The van der Waals surface area contributed by atoms with Crippen molar-refractivity contribution in [2.45, 2.75) is 0 Å². The lowest BCUT2D eigenvalue weighted by molar-refractivity contribution is 0.430. The number of nitrogens with zero attached hydrogens (tertiary/aromatic N) is 2. The van der Waals surface area contributed by atoms with E-state index in [2.05, 4.69) is 10.1 Å². The van der Waals surface area contributed by atoms with Gasteiger partial charge >= 0.3 is 0 Å². The number of nitrogen functional groups attached to an aromatic ring is 1. The van der Waals surface area contributed by atoms with E-state index < -0.39 is 0 Å². The summed E-state index contributed by atoms with van der Waals surface area (Å²) in [7, 11) is 0. The minimum absolute atomic E-state index is 0.432. The minimum Gasteiger partial charge on any atom is -0.398 e. The summed E-state index contributed by atoms with van der Waals surface area (Å²) in [4.78, 5) is 3.88. The average Bonchev–Trinajstić information content (AvgIpc) is 2.62. The zero-order valence-electron chi connectivity index (χ0n) is 6.57. The maximum Gasteiger partial charge on any atom is 0.257 e. The monoisotopic (exact) mass is 195 g/mol. The van der Waals surface area contributed by atoms with Gasteiger partial charge in [0.2, 0.25) is 0 Å². The van der Waals surface area contributed by atoms with Gasteiger partial charge in [-0.1, -0.05) is 16.8 Å². The van der Waals surface area contributed by atoms with E-state index in [1.54, 1.807) is 18.2 Å². The standard InChI is InChI=1S/C8H6ClN3O/c9-6-3-5(1-2-7(6)10)8-11-4-12-13-8/h1-4H,10H2. The Morgan fingerprint density at radius 2 is 2.23 bits per heavy atom. The van der Waals surface area contributed by atoms with Crippen LogP contribution in [0.1, 0.15) is 0 Å². The van der Waals surface area contributed by atoms with E-state index in [0.29, 0.717) is 16.6 Å². The van der Waals surface area contributed by atoms with Gasteiger partial charge in [-0.25, -0.2) is 0 Å². The number of aromatic nitrogens is 2. The molecule has 0 spiro atoms. The molecular formula is C8H6ClN3O. The van der Waals surface area contributed by atoms with Gasteiger partial charge in [-0.2, -0.15) is 4.98 Å². The summed E-state index contributed by atoms with van der Waals surface area (Å²) in [6, 6.07) is 5.15. The smallest absolute Gasteiger partial charge is 0.257 e. The van der Waals surface area contributed by atoms with Crippen molar-refractivity contribution in [3.8, 4) is 11.5 Å². The van der Waals surface area contributed by atoms with Crippen LogP contribution in [0.5, 0.6) is 0 Å². The Balaban J connectivity index is 2.49. The van der Waals surface area contributed by atoms with Crippen LogP contribution in [0.15, 0.2) is 29.0 Å².